The summed E-state index contributed by atoms with van der Waals surface area (Å²) in [6.07, 6.45) is 5.45. The van der Waals surface area contributed by atoms with Crippen LogP contribution in [0.3, 0.4) is 0 Å². The van der Waals surface area contributed by atoms with E-state index in [0.717, 1.165) is 36.3 Å². The molecule has 0 aliphatic carbocycles. The Labute approximate surface area is 206 Å². The average molecular weight is 509 g/mol. The van der Waals surface area contributed by atoms with E-state index in [4.69, 9.17) is 23.8 Å². The number of carbonyl (C=O) groups excluding carboxylic acids is 2. The summed E-state index contributed by atoms with van der Waals surface area (Å²) in [5.74, 6) is 0.374. The van der Waals surface area contributed by atoms with Crippen molar-refractivity contribution in [2.24, 2.45) is 5.92 Å². The number of thiocarbonyl (C=S) groups is 1. The lowest BCUT2D eigenvalue weighted by molar-refractivity contribution is -0.122. The Bertz CT molecular complexity index is 1000. The first-order chi connectivity index (χ1) is 15.3. The van der Waals surface area contributed by atoms with Crippen LogP contribution in [0, 0.1) is 5.92 Å². The molecule has 0 saturated carbocycles. The molecular weight excluding hydrogens is 484 g/mol. The third-order valence-electron chi connectivity index (χ3n) is 4.62. The number of anilines is 1. The van der Waals surface area contributed by atoms with Crippen molar-refractivity contribution in [3.63, 3.8) is 0 Å². The fraction of sp³-hybridized carbons (Fsp3) is 0.409. The number of benzene rings is 1. The molecule has 1 fully saturated rings. The highest BCUT2D eigenvalue weighted by molar-refractivity contribution is 8.26. The summed E-state index contributed by atoms with van der Waals surface area (Å²) in [6, 6.07) is 7.32. The molecule has 2 amide bonds. The van der Waals surface area contributed by atoms with Crippen LogP contribution in [0.1, 0.15) is 50.1 Å². The first kappa shape index (κ1) is 24.8. The highest BCUT2D eigenvalue weighted by Gasteiger charge is 2.31. The van der Waals surface area contributed by atoms with Crippen molar-refractivity contribution < 1.29 is 9.59 Å². The molecule has 6 nitrogen and oxygen atoms in total. The van der Waals surface area contributed by atoms with Crippen molar-refractivity contribution in [2.45, 2.75) is 46.0 Å². The molecule has 2 aromatic rings. The first-order valence-electron chi connectivity index (χ1n) is 10.4. The van der Waals surface area contributed by atoms with Crippen molar-refractivity contribution in [2.75, 3.05) is 11.9 Å². The normalized spacial score (nSPS) is 15.2. The molecule has 0 atom stereocenters. The fourth-order valence-electron chi connectivity index (χ4n) is 3.05. The Morgan fingerprint density at radius 1 is 1.22 bits per heavy atom. The summed E-state index contributed by atoms with van der Waals surface area (Å²) in [5, 5.41) is 13.1. The molecule has 3 rings (SSSR count). The standard InChI is InChI=1S/C22H25ClN4O2S3/c1-14(2)12-19-25-26-21(32-19)24-18(28)6-4-3-5-11-27-20(29)17(31-22(27)30)13-15-7-9-16(23)10-8-15/h7-10,13-14H,3-6,11-12H2,1-2H3,(H,24,26,28). The number of unbranched alkanes of at least 4 members (excludes halogenated alkanes) is 2. The number of hydrogen-bond acceptors (Lipinski definition) is 7. The van der Waals surface area contributed by atoms with E-state index >= 15 is 0 Å². The third kappa shape index (κ3) is 7.37. The second-order valence-corrected chi connectivity index (χ2v) is 11.0. The van der Waals surface area contributed by atoms with E-state index < -0.39 is 0 Å². The quantitative estimate of drug-likeness (QED) is 0.249. The van der Waals surface area contributed by atoms with Gasteiger partial charge in [-0.05, 0) is 42.5 Å². The van der Waals surface area contributed by atoms with Crippen LogP contribution in [0.25, 0.3) is 6.08 Å². The molecule has 170 valence electrons. The number of carbonyl (C=O) groups is 2. The molecule has 0 spiro atoms. The van der Waals surface area contributed by atoms with Gasteiger partial charge in [0.2, 0.25) is 11.0 Å². The molecule has 0 radical (unpaired) electrons. The average Bonchev–Trinajstić information content (AvgIpc) is 3.27. The molecule has 1 aromatic heterocycles. The van der Waals surface area contributed by atoms with E-state index in [9.17, 15) is 9.59 Å². The molecule has 1 aliphatic rings. The van der Waals surface area contributed by atoms with Crippen LogP contribution in [0.4, 0.5) is 5.13 Å². The maximum Gasteiger partial charge on any atom is 0.266 e. The highest BCUT2D eigenvalue weighted by Crippen LogP contribution is 2.33. The van der Waals surface area contributed by atoms with E-state index in [1.807, 2.05) is 18.2 Å². The molecule has 1 saturated heterocycles. The maximum atomic E-state index is 12.7. The number of halogens is 1. The molecule has 32 heavy (non-hydrogen) atoms. The Morgan fingerprint density at radius 3 is 2.69 bits per heavy atom. The maximum absolute atomic E-state index is 12.7. The van der Waals surface area contributed by atoms with Gasteiger partial charge in [-0.3, -0.25) is 14.5 Å². The van der Waals surface area contributed by atoms with Crippen LogP contribution in [-0.2, 0) is 16.0 Å². The minimum absolute atomic E-state index is 0.0613. The molecule has 2 heterocycles. The molecule has 1 N–H and O–H groups in total. The van der Waals surface area contributed by atoms with Crippen LogP contribution in [-0.4, -0.2) is 37.8 Å². The van der Waals surface area contributed by atoms with Gasteiger partial charge < -0.3 is 5.32 Å². The van der Waals surface area contributed by atoms with Gasteiger partial charge in [-0.2, -0.15) is 0 Å². The Balaban J connectivity index is 1.38. The molecule has 0 bridgehead atoms. The van der Waals surface area contributed by atoms with Gasteiger partial charge in [0.25, 0.3) is 5.91 Å². The number of nitrogens with one attached hydrogen (secondary N) is 1. The van der Waals surface area contributed by atoms with Gasteiger partial charge in [0, 0.05) is 24.4 Å². The zero-order chi connectivity index (χ0) is 23.1. The number of amides is 2. The highest BCUT2D eigenvalue weighted by atomic mass is 35.5. The van der Waals surface area contributed by atoms with E-state index in [2.05, 4.69) is 29.4 Å². The molecular formula is C22H25ClN4O2S3. The molecule has 10 heteroatoms. The number of thioether (sulfide) groups is 1. The van der Waals surface area contributed by atoms with Crippen LogP contribution < -0.4 is 5.32 Å². The number of rotatable bonds is 10. The van der Waals surface area contributed by atoms with E-state index in [0.29, 0.717) is 38.3 Å². The van der Waals surface area contributed by atoms with Crippen molar-refractivity contribution in [3.05, 3.63) is 44.8 Å². The molecule has 1 aromatic carbocycles. The van der Waals surface area contributed by atoms with Gasteiger partial charge in [-0.1, -0.05) is 79.3 Å². The largest absolute Gasteiger partial charge is 0.301 e. The Kier molecular flexibility index (Phi) is 9.22. The van der Waals surface area contributed by atoms with E-state index in [1.54, 1.807) is 17.0 Å². The summed E-state index contributed by atoms with van der Waals surface area (Å²) < 4.78 is 0.571. The van der Waals surface area contributed by atoms with Crippen molar-refractivity contribution >= 4 is 74.3 Å². The lowest BCUT2D eigenvalue weighted by Gasteiger charge is -2.13. The van der Waals surface area contributed by atoms with Crippen LogP contribution in [0.2, 0.25) is 5.02 Å². The predicted octanol–water partition coefficient (Wildman–Crippen LogP) is 5.79. The van der Waals surface area contributed by atoms with Gasteiger partial charge in [0.15, 0.2) is 0 Å². The van der Waals surface area contributed by atoms with Gasteiger partial charge in [-0.25, -0.2) is 0 Å². The topological polar surface area (TPSA) is 75.2 Å². The molecule has 0 unspecified atom stereocenters. The summed E-state index contributed by atoms with van der Waals surface area (Å²) in [5.41, 5.74) is 0.910. The van der Waals surface area contributed by atoms with E-state index in [1.165, 1.54) is 23.1 Å². The summed E-state index contributed by atoms with van der Waals surface area (Å²) in [6.45, 7) is 4.80. The summed E-state index contributed by atoms with van der Waals surface area (Å²) >= 11 is 14.0. The van der Waals surface area contributed by atoms with Gasteiger partial charge >= 0.3 is 0 Å². The predicted molar refractivity (Wildman–Crippen MR) is 137 cm³/mol. The second-order valence-electron chi connectivity index (χ2n) is 7.84. The zero-order valence-corrected chi connectivity index (χ0v) is 21.2. The second kappa shape index (κ2) is 11.9. The first-order valence-corrected chi connectivity index (χ1v) is 12.9. The lowest BCUT2D eigenvalue weighted by atomic mass is 10.1. The number of hydrogen-bond donors (Lipinski definition) is 1. The number of aromatic nitrogens is 2. The monoisotopic (exact) mass is 508 g/mol. The summed E-state index contributed by atoms with van der Waals surface area (Å²) in [4.78, 5) is 27.1. The minimum Gasteiger partial charge on any atom is -0.301 e. The smallest absolute Gasteiger partial charge is 0.266 e. The lowest BCUT2D eigenvalue weighted by Crippen LogP contribution is -2.29. The van der Waals surface area contributed by atoms with Crippen molar-refractivity contribution in [3.8, 4) is 0 Å². The summed E-state index contributed by atoms with van der Waals surface area (Å²) in [7, 11) is 0. The Morgan fingerprint density at radius 2 is 1.97 bits per heavy atom. The van der Waals surface area contributed by atoms with Crippen molar-refractivity contribution in [1.29, 1.82) is 0 Å². The van der Waals surface area contributed by atoms with Gasteiger partial charge in [0.05, 0.1) is 4.91 Å². The third-order valence-corrected chi connectivity index (χ3v) is 7.11. The zero-order valence-electron chi connectivity index (χ0n) is 18.0. The number of nitrogens with zero attached hydrogens (tertiary/aromatic N) is 3. The minimum atomic E-state index is -0.0684. The van der Waals surface area contributed by atoms with Crippen molar-refractivity contribution in [1.82, 2.24) is 15.1 Å². The van der Waals surface area contributed by atoms with Gasteiger partial charge in [-0.15, -0.1) is 10.2 Å². The SMILES string of the molecule is CC(C)Cc1nnc(NC(=O)CCCCCN2C(=O)C(=Cc3ccc(Cl)cc3)SC2=S)s1. The van der Waals surface area contributed by atoms with Crippen LogP contribution in [0.15, 0.2) is 29.2 Å². The van der Waals surface area contributed by atoms with Crippen LogP contribution >= 0.6 is 46.9 Å². The fourth-order valence-corrected chi connectivity index (χ4v) is 5.46. The van der Waals surface area contributed by atoms with Crippen LogP contribution in [0.5, 0.6) is 0 Å². The van der Waals surface area contributed by atoms with E-state index in [-0.39, 0.29) is 11.8 Å². The molecule has 1 aliphatic heterocycles. The van der Waals surface area contributed by atoms with Gasteiger partial charge in [0.1, 0.15) is 9.33 Å². The Hall–Kier alpha value is -1.81.